The number of aldehydes is 1. The van der Waals surface area contributed by atoms with Gasteiger partial charge in [0.05, 0.1) is 10.0 Å². The summed E-state index contributed by atoms with van der Waals surface area (Å²) in [6, 6.07) is 5.21. The average Bonchev–Trinajstić information content (AvgIpc) is 2.57. The minimum Gasteiger partial charge on any atom is -0.479 e. The number of nitrogens with one attached hydrogen (secondary N) is 1. The summed E-state index contributed by atoms with van der Waals surface area (Å²) in [5.41, 5.74) is 0.446. The molecule has 1 aliphatic heterocycles. The summed E-state index contributed by atoms with van der Waals surface area (Å²) in [5, 5.41) is 2.80. The first kappa shape index (κ1) is 13.1. The van der Waals surface area contributed by atoms with Crippen molar-refractivity contribution in [3.8, 4) is 5.75 Å². The summed E-state index contributed by atoms with van der Waals surface area (Å²) in [6.45, 7) is 0.690. The van der Waals surface area contributed by atoms with Crippen LogP contribution in [0.5, 0.6) is 5.75 Å². The van der Waals surface area contributed by atoms with Gasteiger partial charge in [0.1, 0.15) is 5.75 Å². The van der Waals surface area contributed by atoms with E-state index in [1.54, 1.807) is 18.2 Å². The topological polar surface area (TPSA) is 55.4 Å². The fraction of sp³-hybridized carbons (Fsp3) is 0.385. The molecule has 1 aliphatic rings. The highest BCUT2D eigenvalue weighted by Gasteiger charge is 2.24. The lowest BCUT2D eigenvalue weighted by Gasteiger charge is -2.18. The van der Waals surface area contributed by atoms with Gasteiger partial charge in [0, 0.05) is 6.54 Å². The first-order valence-corrected chi connectivity index (χ1v) is 6.69. The van der Waals surface area contributed by atoms with E-state index in [-0.39, 0.29) is 5.91 Å². The van der Waals surface area contributed by atoms with E-state index in [2.05, 4.69) is 21.2 Å². The summed E-state index contributed by atoms with van der Waals surface area (Å²) in [6.07, 6.45) is 2.77. The molecule has 1 aromatic rings. The Morgan fingerprint density at radius 3 is 3.00 bits per heavy atom. The maximum atomic E-state index is 11.8. The largest absolute Gasteiger partial charge is 0.479 e. The van der Waals surface area contributed by atoms with E-state index >= 15 is 0 Å². The molecule has 1 saturated heterocycles. The summed E-state index contributed by atoms with van der Waals surface area (Å²) in [4.78, 5) is 22.8. The Morgan fingerprint density at radius 1 is 1.39 bits per heavy atom. The Balaban J connectivity index is 2.22. The standard InChI is InChI=1S/C13H14BrNO3/c14-10-5-3-4-9(8-16)12(10)18-11-6-1-2-7-15-13(11)17/h3-5,8,11H,1-2,6-7H2,(H,15,17). The third kappa shape index (κ3) is 2.90. The van der Waals surface area contributed by atoms with Crippen molar-refractivity contribution in [2.45, 2.75) is 25.4 Å². The predicted molar refractivity (Wildman–Crippen MR) is 70.8 cm³/mol. The van der Waals surface area contributed by atoms with Crippen LogP contribution in [0.1, 0.15) is 29.6 Å². The van der Waals surface area contributed by atoms with Gasteiger partial charge in [-0.25, -0.2) is 0 Å². The Labute approximate surface area is 114 Å². The zero-order chi connectivity index (χ0) is 13.0. The molecule has 0 saturated carbocycles. The predicted octanol–water partition coefficient (Wildman–Crippen LogP) is 2.31. The number of carbonyl (C=O) groups is 2. The van der Waals surface area contributed by atoms with Crippen molar-refractivity contribution >= 4 is 28.1 Å². The second-order valence-electron chi connectivity index (χ2n) is 4.17. The van der Waals surface area contributed by atoms with E-state index in [1.807, 2.05) is 0 Å². The van der Waals surface area contributed by atoms with Crippen LogP contribution in [0, 0.1) is 0 Å². The molecule has 96 valence electrons. The van der Waals surface area contributed by atoms with Crippen LogP contribution in [0.4, 0.5) is 0 Å². The minimum absolute atomic E-state index is 0.111. The average molecular weight is 312 g/mol. The normalized spacial score (nSPS) is 19.8. The second kappa shape index (κ2) is 6.00. The van der Waals surface area contributed by atoms with Gasteiger partial charge in [0.25, 0.3) is 5.91 Å². The molecule has 18 heavy (non-hydrogen) atoms. The van der Waals surface area contributed by atoms with Crippen LogP contribution in [0.15, 0.2) is 22.7 Å². The Hall–Kier alpha value is -1.36. The molecule has 5 heteroatoms. The van der Waals surface area contributed by atoms with E-state index in [9.17, 15) is 9.59 Å². The highest BCUT2D eigenvalue weighted by molar-refractivity contribution is 9.10. The summed E-state index contributed by atoms with van der Waals surface area (Å²) in [7, 11) is 0. The zero-order valence-electron chi connectivity index (χ0n) is 9.82. The molecule has 1 heterocycles. The lowest BCUT2D eigenvalue weighted by atomic mass is 10.1. The van der Waals surface area contributed by atoms with Gasteiger partial charge in [0.15, 0.2) is 12.4 Å². The maximum Gasteiger partial charge on any atom is 0.261 e. The first-order chi connectivity index (χ1) is 8.72. The highest BCUT2D eigenvalue weighted by atomic mass is 79.9. The van der Waals surface area contributed by atoms with Crippen LogP contribution < -0.4 is 10.1 Å². The number of halogens is 1. The van der Waals surface area contributed by atoms with Crippen molar-refractivity contribution in [2.24, 2.45) is 0 Å². The molecule has 0 aliphatic carbocycles. The van der Waals surface area contributed by atoms with Crippen molar-refractivity contribution in [2.75, 3.05) is 6.54 Å². The molecular formula is C13H14BrNO3. The molecule has 1 fully saturated rings. The Morgan fingerprint density at radius 2 is 2.22 bits per heavy atom. The van der Waals surface area contributed by atoms with Crippen molar-refractivity contribution in [1.29, 1.82) is 0 Å². The number of benzene rings is 1. The van der Waals surface area contributed by atoms with Gasteiger partial charge in [-0.15, -0.1) is 0 Å². The van der Waals surface area contributed by atoms with Crippen molar-refractivity contribution < 1.29 is 14.3 Å². The fourth-order valence-corrected chi connectivity index (χ4v) is 2.38. The SMILES string of the molecule is O=Cc1cccc(Br)c1OC1CCCCNC1=O. The second-order valence-corrected chi connectivity index (χ2v) is 5.02. The van der Waals surface area contributed by atoms with Crippen LogP contribution in [0.3, 0.4) is 0 Å². The number of rotatable bonds is 3. The van der Waals surface area contributed by atoms with Crippen molar-refractivity contribution in [3.63, 3.8) is 0 Å². The van der Waals surface area contributed by atoms with Crippen molar-refractivity contribution in [1.82, 2.24) is 5.32 Å². The third-order valence-electron chi connectivity index (χ3n) is 2.87. The van der Waals surface area contributed by atoms with E-state index in [0.717, 1.165) is 19.1 Å². The maximum absolute atomic E-state index is 11.8. The summed E-state index contributed by atoms with van der Waals surface area (Å²) < 4.78 is 6.39. The van der Waals surface area contributed by atoms with Crippen LogP contribution in [-0.4, -0.2) is 24.8 Å². The van der Waals surface area contributed by atoms with Gasteiger partial charge in [-0.05, 0) is 47.3 Å². The molecule has 2 rings (SSSR count). The van der Waals surface area contributed by atoms with E-state index in [4.69, 9.17) is 4.74 Å². The fourth-order valence-electron chi connectivity index (χ4n) is 1.91. The van der Waals surface area contributed by atoms with Gasteiger partial charge in [-0.3, -0.25) is 9.59 Å². The van der Waals surface area contributed by atoms with E-state index in [1.165, 1.54) is 0 Å². The molecule has 0 radical (unpaired) electrons. The minimum atomic E-state index is -0.523. The molecule has 1 N–H and O–H groups in total. The number of hydrogen-bond donors (Lipinski definition) is 1. The smallest absolute Gasteiger partial charge is 0.261 e. The quantitative estimate of drug-likeness (QED) is 0.872. The molecule has 1 atom stereocenters. The number of carbonyl (C=O) groups excluding carboxylic acids is 2. The van der Waals surface area contributed by atoms with E-state index in [0.29, 0.717) is 28.8 Å². The number of hydrogen-bond acceptors (Lipinski definition) is 3. The number of para-hydroxylation sites is 1. The monoisotopic (exact) mass is 311 g/mol. The lowest BCUT2D eigenvalue weighted by molar-refractivity contribution is -0.127. The highest BCUT2D eigenvalue weighted by Crippen LogP contribution is 2.29. The molecule has 0 bridgehead atoms. The molecule has 4 nitrogen and oxygen atoms in total. The van der Waals surface area contributed by atoms with Crippen LogP contribution >= 0.6 is 15.9 Å². The van der Waals surface area contributed by atoms with Crippen LogP contribution in [-0.2, 0) is 4.79 Å². The van der Waals surface area contributed by atoms with Crippen LogP contribution in [0.25, 0.3) is 0 Å². The van der Waals surface area contributed by atoms with Gasteiger partial charge >= 0.3 is 0 Å². The molecular weight excluding hydrogens is 298 g/mol. The zero-order valence-corrected chi connectivity index (χ0v) is 11.4. The molecule has 0 spiro atoms. The summed E-state index contributed by atoms with van der Waals surface area (Å²) >= 11 is 3.34. The molecule has 0 aromatic heterocycles. The van der Waals surface area contributed by atoms with Gasteiger partial charge in [-0.2, -0.15) is 0 Å². The Bertz CT molecular complexity index is 462. The summed E-state index contributed by atoms with van der Waals surface area (Å²) in [5.74, 6) is 0.328. The number of amides is 1. The molecule has 1 amide bonds. The molecule has 1 unspecified atom stereocenters. The van der Waals surface area contributed by atoms with Crippen molar-refractivity contribution in [3.05, 3.63) is 28.2 Å². The van der Waals surface area contributed by atoms with Gasteiger partial charge < -0.3 is 10.1 Å². The van der Waals surface area contributed by atoms with E-state index < -0.39 is 6.10 Å². The Kier molecular flexibility index (Phi) is 4.36. The first-order valence-electron chi connectivity index (χ1n) is 5.90. The van der Waals surface area contributed by atoms with Crippen LogP contribution in [0.2, 0.25) is 0 Å². The van der Waals surface area contributed by atoms with Gasteiger partial charge in [-0.1, -0.05) is 6.07 Å². The third-order valence-corrected chi connectivity index (χ3v) is 3.49. The van der Waals surface area contributed by atoms with Gasteiger partial charge in [0.2, 0.25) is 0 Å². The number of ether oxygens (including phenoxy) is 1. The molecule has 1 aromatic carbocycles. The lowest BCUT2D eigenvalue weighted by Crippen LogP contribution is -2.36.